The molecule has 0 aromatic heterocycles. The monoisotopic (exact) mass is 534 g/mol. The van der Waals surface area contributed by atoms with Gasteiger partial charge in [-0.15, -0.1) is 0 Å². The lowest BCUT2D eigenvalue weighted by Gasteiger charge is -2.41. The molecule has 0 radical (unpaired) electrons. The van der Waals surface area contributed by atoms with Crippen LogP contribution in [0.5, 0.6) is 5.75 Å². The number of hydrogen-bond acceptors (Lipinski definition) is 6. The third-order valence-electron chi connectivity index (χ3n) is 6.27. The van der Waals surface area contributed by atoms with E-state index in [0.29, 0.717) is 41.7 Å². The largest absolute Gasteiger partial charge is 0.508 e. The number of likely N-dealkylation sites (tertiary alicyclic amines) is 1. The molecule has 2 aromatic carbocycles. The summed E-state index contributed by atoms with van der Waals surface area (Å²) in [6.07, 6.45) is 4.40. The zero-order valence-electron chi connectivity index (χ0n) is 19.5. The van der Waals surface area contributed by atoms with Gasteiger partial charge in [0.2, 0.25) is 0 Å². The van der Waals surface area contributed by atoms with Crippen molar-refractivity contribution < 1.29 is 29.7 Å². The minimum atomic E-state index is -1.26. The van der Waals surface area contributed by atoms with Gasteiger partial charge < -0.3 is 20.2 Å². The Morgan fingerprint density at radius 2 is 1.67 bits per heavy atom. The van der Waals surface area contributed by atoms with Crippen molar-refractivity contribution in [3.63, 3.8) is 0 Å². The second-order valence-electron chi connectivity index (χ2n) is 8.73. The van der Waals surface area contributed by atoms with Crippen LogP contribution in [0.1, 0.15) is 29.5 Å². The second-order valence-corrected chi connectivity index (χ2v) is 9.54. The molecule has 0 aliphatic carbocycles. The first-order valence-electron chi connectivity index (χ1n) is 11.5. The molecule has 1 atom stereocenters. The van der Waals surface area contributed by atoms with E-state index in [0.717, 1.165) is 42.6 Å². The van der Waals surface area contributed by atoms with Crippen LogP contribution in [-0.4, -0.2) is 64.1 Å². The Morgan fingerprint density at radius 1 is 1.00 bits per heavy atom. The van der Waals surface area contributed by atoms with Crippen LogP contribution in [0.25, 0.3) is 0 Å². The van der Waals surface area contributed by atoms with Crippen molar-refractivity contribution in [2.45, 2.75) is 31.2 Å². The number of rotatable bonds is 7. The van der Waals surface area contributed by atoms with Crippen molar-refractivity contribution in [2.75, 3.05) is 26.2 Å². The summed E-state index contributed by atoms with van der Waals surface area (Å²) in [6, 6.07) is 10.8. The maximum absolute atomic E-state index is 13.7. The number of hydrogen-bond donors (Lipinski definition) is 4. The zero-order valence-corrected chi connectivity index (χ0v) is 21.1. The van der Waals surface area contributed by atoms with Crippen molar-refractivity contribution in [3.05, 3.63) is 75.3 Å². The maximum atomic E-state index is 13.7. The van der Waals surface area contributed by atoms with E-state index in [-0.39, 0.29) is 18.0 Å². The first-order valence-corrected chi connectivity index (χ1v) is 12.3. The summed E-state index contributed by atoms with van der Waals surface area (Å²) in [7, 11) is 0. The molecular weight excluding hydrogens is 507 g/mol. The molecule has 1 unspecified atom stereocenters. The predicted octanol–water partition coefficient (Wildman–Crippen LogP) is 3.66. The van der Waals surface area contributed by atoms with Crippen LogP contribution >= 0.6 is 23.2 Å². The van der Waals surface area contributed by atoms with Crippen molar-refractivity contribution in [1.29, 1.82) is 0 Å². The van der Waals surface area contributed by atoms with Gasteiger partial charge in [0.1, 0.15) is 11.3 Å². The van der Waals surface area contributed by atoms with E-state index in [1.54, 1.807) is 18.2 Å². The van der Waals surface area contributed by atoms with Crippen LogP contribution < -0.4 is 5.32 Å². The lowest BCUT2D eigenvalue weighted by Crippen LogP contribution is -2.59. The van der Waals surface area contributed by atoms with Gasteiger partial charge in [-0.05, 0) is 61.7 Å². The number of Topliss-reactive ketones (excluding diaryl/α,β-unsaturated/α-hetero) is 1. The van der Waals surface area contributed by atoms with E-state index in [4.69, 9.17) is 33.4 Å². The quantitative estimate of drug-likeness (QED) is 0.396. The standard InChI is InChI=1S/C22H24Cl2N2O2.C4H4O4/c23-18-7-6-15(12-19(18)24)13-21(28)22(14-26-10-1-2-11-26)17-4-3-5-20(27)16(17)8-9-25-22;5-3(6)1-2-4(7)8/h3-7,12,25,27H,1-2,8-11,13-14H2;1-2H,(H,5,6)(H,7,8). The first kappa shape index (κ1) is 27.7. The van der Waals surface area contributed by atoms with E-state index < -0.39 is 17.5 Å². The Hall–Kier alpha value is -2.91. The molecule has 1 fully saturated rings. The lowest BCUT2D eigenvalue weighted by atomic mass is 9.76. The number of carbonyl (C=O) groups is 3. The molecule has 8 nitrogen and oxygen atoms in total. The van der Waals surface area contributed by atoms with Gasteiger partial charge in [-0.2, -0.15) is 0 Å². The molecular formula is C26H28Cl2N2O6. The molecule has 0 amide bonds. The minimum Gasteiger partial charge on any atom is -0.508 e. The summed E-state index contributed by atoms with van der Waals surface area (Å²) in [6.45, 7) is 3.27. The summed E-state index contributed by atoms with van der Waals surface area (Å²) in [4.78, 5) is 35.2. The highest BCUT2D eigenvalue weighted by Gasteiger charge is 2.45. The zero-order chi connectivity index (χ0) is 26.3. The van der Waals surface area contributed by atoms with Crippen LogP contribution in [0.2, 0.25) is 10.0 Å². The van der Waals surface area contributed by atoms with E-state index in [9.17, 15) is 19.5 Å². The summed E-state index contributed by atoms with van der Waals surface area (Å²) in [5, 5.41) is 30.5. The molecule has 0 spiro atoms. The van der Waals surface area contributed by atoms with Crippen molar-refractivity contribution >= 4 is 40.9 Å². The predicted molar refractivity (Wildman–Crippen MR) is 137 cm³/mol. The number of ketones is 1. The molecule has 2 aromatic rings. The number of benzene rings is 2. The number of halogens is 2. The maximum Gasteiger partial charge on any atom is 0.328 e. The third-order valence-corrected chi connectivity index (χ3v) is 7.00. The molecule has 0 saturated carbocycles. The number of aliphatic carboxylic acids is 2. The molecule has 2 aliphatic heterocycles. The highest BCUT2D eigenvalue weighted by atomic mass is 35.5. The topological polar surface area (TPSA) is 127 Å². The molecule has 1 saturated heterocycles. The Morgan fingerprint density at radius 3 is 2.28 bits per heavy atom. The number of aromatic hydroxyl groups is 1. The molecule has 36 heavy (non-hydrogen) atoms. The van der Waals surface area contributed by atoms with Gasteiger partial charge >= 0.3 is 11.9 Å². The van der Waals surface area contributed by atoms with Crippen LogP contribution in [0.15, 0.2) is 48.6 Å². The number of phenols is 1. The average Bonchev–Trinajstić information content (AvgIpc) is 3.34. The van der Waals surface area contributed by atoms with Gasteiger partial charge in [-0.3, -0.25) is 10.1 Å². The Balaban J connectivity index is 0.000000392. The van der Waals surface area contributed by atoms with Crippen LogP contribution in [-0.2, 0) is 32.8 Å². The fourth-order valence-corrected chi connectivity index (χ4v) is 4.94. The molecule has 2 heterocycles. The lowest BCUT2D eigenvalue weighted by molar-refractivity contribution is -0.134. The number of nitrogens with one attached hydrogen (secondary N) is 1. The molecule has 4 N–H and O–H groups in total. The smallest absolute Gasteiger partial charge is 0.328 e. The summed E-state index contributed by atoms with van der Waals surface area (Å²) < 4.78 is 0. The van der Waals surface area contributed by atoms with Gasteiger partial charge in [0.25, 0.3) is 0 Å². The normalized spacial score (nSPS) is 19.4. The van der Waals surface area contributed by atoms with Crippen LogP contribution in [0.3, 0.4) is 0 Å². The van der Waals surface area contributed by atoms with Gasteiger partial charge in [0.05, 0.1) is 10.0 Å². The van der Waals surface area contributed by atoms with E-state index in [2.05, 4.69) is 10.2 Å². The highest BCUT2D eigenvalue weighted by Crippen LogP contribution is 2.37. The number of carboxylic acid groups (broad SMARTS) is 2. The fraction of sp³-hybridized carbons (Fsp3) is 0.346. The molecule has 0 bridgehead atoms. The number of nitrogens with zero attached hydrogens (tertiary/aromatic N) is 1. The van der Waals surface area contributed by atoms with Gasteiger partial charge in [0, 0.05) is 37.2 Å². The van der Waals surface area contributed by atoms with Gasteiger partial charge in [-0.25, -0.2) is 9.59 Å². The molecule has 10 heteroatoms. The molecule has 4 rings (SSSR count). The van der Waals surface area contributed by atoms with Crippen LogP contribution in [0, 0.1) is 0 Å². The summed E-state index contributed by atoms with van der Waals surface area (Å²) >= 11 is 12.2. The number of carboxylic acids is 2. The van der Waals surface area contributed by atoms with Gasteiger partial charge in [0.15, 0.2) is 5.78 Å². The van der Waals surface area contributed by atoms with E-state index in [1.165, 1.54) is 0 Å². The number of fused-ring (bicyclic) bond motifs is 1. The fourth-order valence-electron chi connectivity index (χ4n) is 4.62. The molecule has 2 aliphatic rings. The second kappa shape index (κ2) is 12.4. The van der Waals surface area contributed by atoms with E-state index in [1.807, 2.05) is 18.2 Å². The van der Waals surface area contributed by atoms with E-state index >= 15 is 0 Å². The summed E-state index contributed by atoms with van der Waals surface area (Å²) in [5.74, 6) is -2.16. The van der Waals surface area contributed by atoms with Crippen molar-refractivity contribution in [2.24, 2.45) is 0 Å². The SMILES string of the molecule is O=C(Cc1ccc(Cl)c(Cl)c1)C1(CN2CCCC2)NCCc2c(O)cccc21.O=C(O)C=CC(=O)O. The Kier molecular flexibility index (Phi) is 9.50. The highest BCUT2D eigenvalue weighted by molar-refractivity contribution is 6.42. The van der Waals surface area contributed by atoms with Crippen LogP contribution in [0.4, 0.5) is 0 Å². The number of carbonyl (C=O) groups excluding carboxylic acids is 1. The van der Waals surface area contributed by atoms with Gasteiger partial charge in [-0.1, -0.05) is 41.4 Å². The average molecular weight is 535 g/mol. The van der Waals surface area contributed by atoms with Crippen molar-refractivity contribution in [3.8, 4) is 5.75 Å². The van der Waals surface area contributed by atoms with Crippen molar-refractivity contribution in [1.82, 2.24) is 10.2 Å². The summed E-state index contributed by atoms with van der Waals surface area (Å²) in [5.41, 5.74) is 1.79. The Labute approximate surface area is 219 Å². The first-order chi connectivity index (χ1) is 17.1. The minimum absolute atomic E-state index is 0.0874. The number of phenolic OH excluding ortho intramolecular Hbond substituents is 1. The Bertz CT molecular complexity index is 1150. The third kappa shape index (κ3) is 6.85. The molecule has 192 valence electrons.